The third-order valence-corrected chi connectivity index (χ3v) is 4.49. The van der Waals surface area contributed by atoms with Gasteiger partial charge in [-0.05, 0) is 30.0 Å². The summed E-state index contributed by atoms with van der Waals surface area (Å²) in [6.07, 6.45) is 2.54. The third-order valence-electron chi connectivity index (χ3n) is 3.54. The van der Waals surface area contributed by atoms with Crippen LogP contribution < -0.4 is 11.1 Å². The van der Waals surface area contributed by atoms with Crippen LogP contribution in [-0.2, 0) is 21.1 Å². The fraction of sp³-hybridized carbons (Fsp3) is 0.533. The number of benzene rings is 1. The van der Waals surface area contributed by atoms with E-state index in [9.17, 15) is 13.2 Å². The lowest BCUT2D eigenvalue weighted by Crippen LogP contribution is -2.40. The van der Waals surface area contributed by atoms with Crippen molar-refractivity contribution in [3.05, 3.63) is 29.8 Å². The molecule has 0 aliphatic carbocycles. The predicted molar refractivity (Wildman–Crippen MR) is 85.9 cm³/mol. The van der Waals surface area contributed by atoms with Gasteiger partial charge in [-0.15, -0.1) is 0 Å². The monoisotopic (exact) mass is 312 g/mol. The lowest BCUT2D eigenvalue weighted by molar-refractivity contribution is -0.118. The van der Waals surface area contributed by atoms with Crippen LogP contribution in [-0.4, -0.2) is 32.4 Å². The molecular formula is C15H24N2O3S. The zero-order valence-corrected chi connectivity index (χ0v) is 13.6. The van der Waals surface area contributed by atoms with Crippen LogP contribution in [0.5, 0.6) is 0 Å². The van der Waals surface area contributed by atoms with Crippen LogP contribution in [0, 0.1) is 5.92 Å². The van der Waals surface area contributed by atoms with E-state index in [0.717, 1.165) is 12.0 Å². The van der Waals surface area contributed by atoms with Crippen LogP contribution in [0.15, 0.2) is 24.3 Å². The van der Waals surface area contributed by atoms with Gasteiger partial charge < -0.3 is 11.1 Å². The number of carbonyl (C=O) groups excluding carboxylic acids is 1. The molecule has 1 rings (SSSR count). The van der Waals surface area contributed by atoms with Crippen molar-refractivity contribution >= 4 is 21.4 Å². The first-order valence-corrected chi connectivity index (χ1v) is 9.12. The molecule has 0 saturated heterocycles. The van der Waals surface area contributed by atoms with Crippen molar-refractivity contribution in [3.8, 4) is 0 Å². The number of anilines is 1. The maximum Gasteiger partial charge on any atom is 0.241 e. The van der Waals surface area contributed by atoms with E-state index in [1.165, 1.54) is 6.26 Å². The maximum absolute atomic E-state index is 11.9. The molecule has 2 atom stereocenters. The van der Waals surface area contributed by atoms with Gasteiger partial charge in [0.2, 0.25) is 5.91 Å². The Morgan fingerprint density at radius 1 is 1.29 bits per heavy atom. The summed E-state index contributed by atoms with van der Waals surface area (Å²) < 4.78 is 22.2. The fourth-order valence-corrected chi connectivity index (χ4v) is 2.40. The molecule has 118 valence electrons. The van der Waals surface area contributed by atoms with Gasteiger partial charge in [0.15, 0.2) is 0 Å². The molecule has 0 fully saturated rings. The van der Waals surface area contributed by atoms with E-state index in [4.69, 9.17) is 5.73 Å². The van der Waals surface area contributed by atoms with Gasteiger partial charge >= 0.3 is 0 Å². The predicted octanol–water partition coefficient (Wildman–Crippen LogP) is 1.59. The van der Waals surface area contributed by atoms with Gasteiger partial charge in [0.1, 0.15) is 9.84 Å². The highest BCUT2D eigenvalue weighted by Crippen LogP contribution is 2.13. The largest absolute Gasteiger partial charge is 0.325 e. The Labute approximate surface area is 126 Å². The van der Waals surface area contributed by atoms with Gasteiger partial charge in [-0.3, -0.25) is 4.79 Å². The Kier molecular flexibility index (Phi) is 6.36. The van der Waals surface area contributed by atoms with Crippen LogP contribution >= 0.6 is 0 Å². The molecule has 0 spiro atoms. The highest BCUT2D eigenvalue weighted by molar-refractivity contribution is 7.90. The first-order valence-electron chi connectivity index (χ1n) is 7.06. The minimum atomic E-state index is -2.96. The molecule has 0 radical (unpaired) electrons. The molecule has 5 nitrogen and oxygen atoms in total. The van der Waals surface area contributed by atoms with E-state index < -0.39 is 15.9 Å². The molecule has 6 heteroatoms. The highest BCUT2D eigenvalue weighted by atomic mass is 32.2. The molecular weight excluding hydrogens is 288 g/mol. The number of hydrogen-bond donors (Lipinski definition) is 2. The molecule has 0 aliphatic rings. The van der Waals surface area contributed by atoms with Crippen molar-refractivity contribution in [1.29, 1.82) is 0 Å². The number of rotatable bonds is 7. The van der Waals surface area contributed by atoms with Gasteiger partial charge in [-0.1, -0.05) is 32.4 Å². The molecule has 0 bridgehead atoms. The molecule has 0 aliphatic heterocycles. The minimum Gasteiger partial charge on any atom is -0.325 e. The van der Waals surface area contributed by atoms with Crippen LogP contribution in [0.3, 0.4) is 0 Å². The summed E-state index contributed by atoms with van der Waals surface area (Å²) in [6, 6.07) is 6.63. The van der Waals surface area contributed by atoms with E-state index in [2.05, 4.69) is 5.32 Å². The number of aryl methyl sites for hydroxylation is 1. The summed E-state index contributed by atoms with van der Waals surface area (Å²) in [6.45, 7) is 3.94. The zero-order valence-electron chi connectivity index (χ0n) is 12.8. The summed E-state index contributed by atoms with van der Waals surface area (Å²) in [4.78, 5) is 11.9. The third kappa shape index (κ3) is 6.27. The van der Waals surface area contributed by atoms with Crippen LogP contribution in [0.25, 0.3) is 0 Å². The van der Waals surface area contributed by atoms with Crippen molar-refractivity contribution in [2.75, 3.05) is 17.3 Å². The van der Waals surface area contributed by atoms with E-state index in [0.29, 0.717) is 12.1 Å². The zero-order chi connectivity index (χ0) is 16.0. The maximum atomic E-state index is 11.9. The topological polar surface area (TPSA) is 89.3 Å². The molecule has 2 unspecified atom stereocenters. The van der Waals surface area contributed by atoms with Crippen LogP contribution in [0.4, 0.5) is 5.69 Å². The summed E-state index contributed by atoms with van der Waals surface area (Å²) in [5, 5.41) is 2.77. The fourth-order valence-electron chi connectivity index (χ4n) is 1.80. The quantitative estimate of drug-likeness (QED) is 0.800. The van der Waals surface area contributed by atoms with Gasteiger partial charge in [-0.25, -0.2) is 8.42 Å². The van der Waals surface area contributed by atoms with Crippen LogP contribution in [0.2, 0.25) is 0 Å². The molecule has 1 aromatic carbocycles. The Hall–Kier alpha value is -1.40. The lowest BCUT2D eigenvalue weighted by atomic mass is 9.99. The minimum absolute atomic E-state index is 0.123. The van der Waals surface area contributed by atoms with Crippen molar-refractivity contribution < 1.29 is 13.2 Å². The van der Waals surface area contributed by atoms with Crippen molar-refractivity contribution in [1.82, 2.24) is 0 Å². The number of hydrogen-bond acceptors (Lipinski definition) is 4. The van der Waals surface area contributed by atoms with Gasteiger partial charge in [0.05, 0.1) is 11.8 Å². The number of nitrogens with one attached hydrogen (secondary N) is 1. The second kappa shape index (κ2) is 7.56. The SMILES string of the molecule is CCC(C)C(N)C(=O)Nc1ccc(CCS(C)(=O)=O)cc1. The molecule has 0 aromatic heterocycles. The average Bonchev–Trinajstić information content (AvgIpc) is 2.44. The van der Waals surface area contributed by atoms with Crippen molar-refractivity contribution in [2.24, 2.45) is 11.7 Å². The van der Waals surface area contributed by atoms with E-state index >= 15 is 0 Å². The molecule has 21 heavy (non-hydrogen) atoms. The van der Waals surface area contributed by atoms with Crippen LogP contribution in [0.1, 0.15) is 25.8 Å². The molecule has 0 heterocycles. The smallest absolute Gasteiger partial charge is 0.241 e. The number of amides is 1. The summed E-state index contributed by atoms with van der Waals surface area (Å²) in [7, 11) is -2.96. The summed E-state index contributed by atoms with van der Waals surface area (Å²) >= 11 is 0. The molecule has 0 saturated carbocycles. The van der Waals surface area contributed by atoms with Gasteiger partial charge in [0.25, 0.3) is 0 Å². The van der Waals surface area contributed by atoms with E-state index in [1.807, 2.05) is 26.0 Å². The first-order chi connectivity index (χ1) is 9.73. The van der Waals surface area contributed by atoms with Crippen molar-refractivity contribution in [2.45, 2.75) is 32.7 Å². The highest BCUT2D eigenvalue weighted by Gasteiger charge is 2.19. The Morgan fingerprint density at radius 2 is 1.86 bits per heavy atom. The summed E-state index contributed by atoms with van der Waals surface area (Å²) in [5.41, 5.74) is 7.46. The second-order valence-electron chi connectivity index (χ2n) is 5.48. The Bertz CT molecular complexity index is 567. The molecule has 1 aromatic rings. The number of sulfone groups is 1. The lowest BCUT2D eigenvalue weighted by Gasteiger charge is -2.17. The van der Waals surface area contributed by atoms with E-state index in [-0.39, 0.29) is 17.6 Å². The van der Waals surface area contributed by atoms with Crippen molar-refractivity contribution in [3.63, 3.8) is 0 Å². The number of nitrogens with two attached hydrogens (primary N) is 1. The molecule has 1 amide bonds. The Balaban J connectivity index is 2.60. The van der Waals surface area contributed by atoms with E-state index in [1.54, 1.807) is 12.1 Å². The number of carbonyl (C=O) groups is 1. The van der Waals surface area contributed by atoms with Gasteiger partial charge in [-0.2, -0.15) is 0 Å². The standard InChI is InChI=1S/C15H24N2O3S/c1-4-11(2)14(16)15(18)17-13-7-5-12(6-8-13)9-10-21(3,19)20/h5-8,11,14H,4,9-10,16H2,1-3H3,(H,17,18). The normalized spacial score (nSPS) is 14.5. The second-order valence-corrected chi connectivity index (χ2v) is 7.74. The van der Waals surface area contributed by atoms with Gasteiger partial charge in [0, 0.05) is 11.9 Å². The summed E-state index contributed by atoms with van der Waals surface area (Å²) in [5.74, 6) is 0.0460. The Morgan fingerprint density at radius 3 is 2.33 bits per heavy atom. The average molecular weight is 312 g/mol. The molecule has 3 N–H and O–H groups in total. The first kappa shape index (κ1) is 17.7.